The monoisotopic (exact) mass is 359 g/mol. The summed E-state index contributed by atoms with van der Waals surface area (Å²) in [4.78, 5) is 2.77. The van der Waals surface area contributed by atoms with Crippen LogP contribution in [0.1, 0.15) is 41.6 Å². The highest BCUT2D eigenvalue weighted by Crippen LogP contribution is 2.54. The van der Waals surface area contributed by atoms with Crippen LogP contribution in [0.25, 0.3) is 11.0 Å². The van der Waals surface area contributed by atoms with Gasteiger partial charge in [0.25, 0.3) is 0 Å². The van der Waals surface area contributed by atoms with Crippen molar-refractivity contribution < 1.29 is 9.15 Å². The number of piperidine rings is 2. The van der Waals surface area contributed by atoms with Crippen LogP contribution < -0.4 is 4.74 Å². The van der Waals surface area contributed by atoms with Crippen molar-refractivity contribution in [3.8, 4) is 5.75 Å². The van der Waals surface area contributed by atoms with Crippen LogP contribution in [0.2, 0.25) is 0 Å². The minimum atomic E-state index is 0.513. The zero-order chi connectivity index (χ0) is 18.0. The molecule has 5 atom stereocenters. The Morgan fingerprint density at radius 3 is 2.74 bits per heavy atom. The molecule has 0 amide bonds. The summed E-state index contributed by atoms with van der Waals surface area (Å²) in [5.74, 6) is 4.09. The molecule has 3 nitrogen and oxygen atoms in total. The van der Waals surface area contributed by atoms with Crippen molar-refractivity contribution >= 4 is 11.0 Å². The van der Waals surface area contributed by atoms with E-state index in [1.807, 2.05) is 6.07 Å². The Balaban J connectivity index is 1.49. The minimum absolute atomic E-state index is 0.513. The van der Waals surface area contributed by atoms with Gasteiger partial charge < -0.3 is 9.15 Å². The summed E-state index contributed by atoms with van der Waals surface area (Å²) in [6.45, 7) is 2.40. The van der Waals surface area contributed by atoms with Crippen LogP contribution in [-0.4, -0.2) is 31.1 Å². The summed E-state index contributed by atoms with van der Waals surface area (Å²) < 4.78 is 12.0. The quantitative estimate of drug-likeness (QED) is 0.647. The number of hydrogen-bond donors (Lipinski definition) is 0. The topological polar surface area (TPSA) is 25.6 Å². The Labute approximate surface area is 159 Å². The van der Waals surface area contributed by atoms with Crippen LogP contribution in [-0.2, 0) is 6.42 Å². The van der Waals surface area contributed by atoms with Crippen LogP contribution in [0.15, 0.2) is 52.9 Å². The molecule has 1 aromatic heterocycles. The predicted octanol–water partition coefficient (Wildman–Crippen LogP) is 4.96. The van der Waals surface area contributed by atoms with E-state index in [2.05, 4.69) is 47.4 Å². The van der Waals surface area contributed by atoms with Crippen molar-refractivity contribution in [1.82, 2.24) is 4.90 Å². The van der Waals surface area contributed by atoms with Gasteiger partial charge in [-0.2, -0.15) is 0 Å². The van der Waals surface area contributed by atoms with Crippen molar-refractivity contribution in [2.75, 3.05) is 20.2 Å². The van der Waals surface area contributed by atoms with Gasteiger partial charge in [-0.3, -0.25) is 4.90 Å². The summed E-state index contributed by atoms with van der Waals surface area (Å²) in [5, 5.41) is 1.25. The lowest BCUT2D eigenvalue weighted by molar-refractivity contribution is 0.0122. The summed E-state index contributed by atoms with van der Waals surface area (Å²) >= 11 is 0. The molecule has 1 aliphatic carbocycles. The van der Waals surface area contributed by atoms with Gasteiger partial charge >= 0.3 is 0 Å². The molecule has 4 heterocycles. The molecule has 0 spiro atoms. The Bertz CT molecular complexity index is 992. The first-order valence-electron chi connectivity index (χ1n) is 10.2. The highest BCUT2D eigenvalue weighted by Gasteiger charge is 2.50. The lowest BCUT2D eigenvalue weighted by Crippen LogP contribution is -2.55. The van der Waals surface area contributed by atoms with Gasteiger partial charge in [0.1, 0.15) is 17.1 Å². The average molecular weight is 359 g/mol. The first kappa shape index (κ1) is 15.8. The molecular weight excluding hydrogens is 334 g/mol. The first-order valence-corrected chi connectivity index (χ1v) is 10.2. The van der Waals surface area contributed by atoms with E-state index >= 15 is 0 Å². The van der Waals surface area contributed by atoms with E-state index in [1.165, 1.54) is 41.7 Å². The molecule has 3 fully saturated rings. The third-order valence-corrected chi connectivity index (χ3v) is 7.16. The highest BCUT2D eigenvalue weighted by atomic mass is 16.5. The molecule has 3 heteroatoms. The zero-order valence-corrected chi connectivity index (χ0v) is 15.7. The third kappa shape index (κ3) is 2.31. The van der Waals surface area contributed by atoms with Crippen molar-refractivity contribution in [1.29, 1.82) is 0 Å². The Kier molecular flexibility index (Phi) is 3.43. The van der Waals surface area contributed by atoms with Crippen LogP contribution in [0.4, 0.5) is 0 Å². The van der Waals surface area contributed by atoms with E-state index in [1.54, 1.807) is 7.11 Å². The molecule has 4 aliphatic rings. The SMILES string of the molecule is COc1ccc2oc3c(c2c1)CCN1CC2CC(c4ccccc4)C1C3C2. The highest BCUT2D eigenvalue weighted by molar-refractivity contribution is 5.84. The van der Waals surface area contributed by atoms with Gasteiger partial charge in [0.15, 0.2) is 0 Å². The minimum Gasteiger partial charge on any atom is -0.497 e. The largest absolute Gasteiger partial charge is 0.497 e. The Hall–Kier alpha value is -2.26. The van der Waals surface area contributed by atoms with Gasteiger partial charge in [0.2, 0.25) is 0 Å². The van der Waals surface area contributed by atoms with E-state index in [-0.39, 0.29) is 0 Å². The number of methoxy groups -OCH3 is 1. The van der Waals surface area contributed by atoms with Crippen molar-refractivity contribution in [2.24, 2.45) is 5.92 Å². The van der Waals surface area contributed by atoms with E-state index in [0.29, 0.717) is 17.9 Å². The average Bonchev–Trinajstić information content (AvgIpc) is 3.05. The number of benzene rings is 2. The number of nitrogens with zero attached hydrogens (tertiary/aromatic N) is 1. The van der Waals surface area contributed by atoms with Crippen LogP contribution in [0.5, 0.6) is 5.75 Å². The molecule has 138 valence electrons. The van der Waals surface area contributed by atoms with Crippen molar-refractivity contribution in [3.63, 3.8) is 0 Å². The predicted molar refractivity (Wildman–Crippen MR) is 106 cm³/mol. The van der Waals surface area contributed by atoms with Crippen LogP contribution in [0.3, 0.4) is 0 Å². The summed E-state index contributed by atoms with van der Waals surface area (Å²) in [6.07, 6.45) is 3.68. The van der Waals surface area contributed by atoms with E-state index < -0.39 is 0 Å². The molecule has 1 saturated carbocycles. The fraction of sp³-hybridized carbons (Fsp3) is 0.417. The maximum absolute atomic E-state index is 6.51. The van der Waals surface area contributed by atoms with E-state index in [9.17, 15) is 0 Å². The van der Waals surface area contributed by atoms with E-state index in [4.69, 9.17) is 9.15 Å². The molecule has 5 unspecified atom stereocenters. The van der Waals surface area contributed by atoms with Gasteiger partial charge in [0.05, 0.1) is 7.11 Å². The first-order chi connectivity index (χ1) is 13.3. The number of furan rings is 1. The molecule has 3 aliphatic heterocycles. The normalized spacial score (nSPS) is 31.5. The zero-order valence-electron chi connectivity index (χ0n) is 15.7. The maximum atomic E-state index is 6.51. The molecule has 2 saturated heterocycles. The standard InChI is InChI=1S/C24H25NO2/c1-26-17-7-8-22-20(13-17)18-9-10-25-14-15-11-19(16-5-3-2-4-6-16)23(25)21(12-15)24(18)27-22/h2-8,13,15,19,21,23H,9-12,14H2,1H3. The lowest BCUT2D eigenvalue weighted by atomic mass is 9.64. The molecule has 0 radical (unpaired) electrons. The van der Waals surface area contributed by atoms with Crippen LogP contribution >= 0.6 is 0 Å². The second-order valence-corrected chi connectivity index (χ2v) is 8.50. The smallest absolute Gasteiger partial charge is 0.134 e. The van der Waals surface area contributed by atoms with Crippen molar-refractivity contribution in [3.05, 3.63) is 65.4 Å². The van der Waals surface area contributed by atoms with E-state index in [0.717, 1.165) is 30.2 Å². The van der Waals surface area contributed by atoms with Gasteiger partial charge in [-0.25, -0.2) is 0 Å². The van der Waals surface area contributed by atoms with Crippen LogP contribution in [0, 0.1) is 5.92 Å². The second kappa shape index (κ2) is 5.87. The third-order valence-electron chi connectivity index (χ3n) is 7.16. The number of hydrogen-bond acceptors (Lipinski definition) is 3. The Morgan fingerprint density at radius 2 is 1.89 bits per heavy atom. The molecule has 27 heavy (non-hydrogen) atoms. The summed E-state index contributed by atoms with van der Waals surface area (Å²) in [5.41, 5.74) is 3.95. The molecule has 3 aromatic rings. The lowest BCUT2D eigenvalue weighted by Gasteiger charge is -2.53. The number of rotatable bonds is 2. The molecular formula is C24H25NO2. The molecule has 4 bridgehead atoms. The van der Waals surface area contributed by atoms with Gasteiger partial charge in [-0.1, -0.05) is 30.3 Å². The summed E-state index contributed by atoms with van der Waals surface area (Å²) in [6, 6.07) is 18.0. The fourth-order valence-corrected chi connectivity index (χ4v) is 6.11. The van der Waals surface area contributed by atoms with Gasteiger partial charge in [-0.15, -0.1) is 0 Å². The second-order valence-electron chi connectivity index (χ2n) is 8.50. The number of ether oxygens (including phenoxy) is 1. The van der Waals surface area contributed by atoms with Crippen molar-refractivity contribution in [2.45, 2.75) is 37.1 Å². The fourth-order valence-electron chi connectivity index (χ4n) is 6.11. The molecule has 0 N–H and O–H groups in total. The molecule has 7 rings (SSSR count). The molecule has 2 aromatic carbocycles. The maximum Gasteiger partial charge on any atom is 0.134 e. The van der Waals surface area contributed by atoms with Gasteiger partial charge in [-0.05, 0) is 48.9 Å². The number of fused-ring (bicyclic) bond motifs is 4. The Morgan fingerprint density at radius 1 is 1.04 bits per heavy atom. The van der Waals surface area contributed by atoms with Gasteiger partial charge in [0, 0.05) is 41.9 Å². The summed E-state index contributed by atoms with van der Waals surface area (Å²) in [7, 11) is 1.74.